The van der Waals surface area contributed by atoms with E-state index < -0.39 is 0 Å². The Balaban J connectivity index is 1.58. The summed E-state index contributed by atoms with van der Waals surface area (Å²) in [5.41, 5.74) is 1.20. The topological polar surface area (TPSA) is 54.0 Å². The first-order valence-corrected chi connectivity index (χ1v) is 9.19. The third kappa shape index (κ3) is 4.86. The third-order valence-corrected chi connectivity index (χ3v) is 4.90. The molecule has 3 rings (SSSR count). The van der Waals surface area contributed by atoms with Gasteiger partial charge in [-0.3, -0.25) is 9.69 Å². The lowest BCUT2D eigenvalue weighted by Crippen LogP contribution is -2.48. The van der Waals surface area contributed by atoms with Crippen LogP contribution in [0.2, 0.25) is 0 Å². The van der Waals surface area contributed by atoms with Crippen molar-refractivity contribution in [3.05, 3.63) is 23.8 Å². The third-order valence-electron chi connectivity index (χ3n) is 4.90. The molecular formula is C19H29N3O3. The number of carbonyl (C=O) groups is 1. The van der Waals surface area contributed by atoms with Gasteiger partial charge in [-0.05, 0) is 37.5 Å². The van der Waals surface area contributed by atoms with Crippen molar-refractivity contribution >= 4 is 5.91 Å². The number of hydrogen-bond acceptors (Lipinski definition) is 5. The van der Waals surface area contributed by atoms with Crippen LogP contribution in [-0.2, 0) is 11.3 Å². The smallest absolute Gasteiger partial charge is 0.260 e. The molecule has 25 heavy (non-hydrogen) atoms. The molecule has 1 N–H and O–H groups in total. The van der Waals surface area contributed by atoms with Crippen LogP contribution in [0.5, 0.6) is 11.5 Å². The fraction of sp³-hybridized carbons (Fsp3) is 0.632. The zero-order valence-electron chi connectivity index (χ0n) is 15.3. The molecule has 0 spiro atoms. The van der Waals surface area contributed by atoms with Gasteiger partial charge in [-0.25, -0.2) is 0 Å². The SMILES string of the molecule is COc1cc(CN2CCN[C@H](C)C2)ccc1OCC(=O)N1CCCC1. The van der Waals surface area contributed by atoms with Crippen LogP contribution in [0.4, 0.5) is 0 Å². The summed E-state index contributed by atoms with van der Waals surface area (Å²) in [6.45, 7) is 8.00. The highest BCUT2D eigenvalue weighted by molar-refractivity contribution is 5.78. The van der Waals surface area contributed by atoms with Crippen LogP contribution in [0, 0.1) is 0 Å². The van der Waals surface area contributed by atoms with E-state index in [2.05, 4.69) is 23.2 Å². The van der Waals surface area contributed by atoms with Gasteiger partial charge in [-0.15, -0.1) is 0 Å². The maximum Gasteiger partial charge on any atom is 0.260 e. The second-order valence-electron chi connectivity index (χ2n) is 6.95. The Kier molecular flexibility index (Phi) is 6.15. The molecule has 2 aliphatic rings. The molecule has 0 aliphatic carbocycles. The van der Waals surface area contributed by atoms with Crippen LogP contribution in [0.25, 0.3) is 0 Å². The zero-order valence-corrected chi connectivity index (χ0v) is 15.3. The number of hydrogen-bond donors (Lipinski definition) is 1. The molecule has 0 saturated carbocycles. The molecule has 1 aromatic carbocycles. The summed E-state index contributed by atoms with van der Waals surface area (Å²) in [6, 6.07) is 6.51. The lowest BCUT2D eigenvalue weighted by atomic mass is 10.1. The summed E-state index contributed by atoms with van der Waals surface area (Å²) in [4.78, 5) is 16.4. The summed E-state index contributed by atoms with van der Waals surface area (Å²) in [5, 5.41) is 3.46. The lowest BCUT2D eigenvalue weighted by Gasteiger charge is -2.31. The lowest BCUT2D eigenvalue weighted by molar-refractivity contribution is -0.132. The molecule has 0 unspecified atom stereocenters. The summed E-state index contributed by atoms with van der Waals surface area (Å²) in [5.74, 6) is 1.38. The van der Waals surface area contributed by atoms with E-state index in [4.69, 9.17) is 9.47 Å². The maximum atomic E-state index is 12.1. The first-order valence-electron chi connectivity index (χ1n) is 9.19. The molecule has 0 radical (unpaired) electrons. The van der Waals surface area contributed by atoms with Gasteiger partial charge in [0.25, 0.3) is 5.91 Å². The number of nitrogens with zero attached hydrogens (tertiary/aromatic N) is 2. The molecular weight excluding hydrogens is 318 g/mol. The van der Waals surface area contributed by atoms with Gasteiger partial charge in [-0.2, -0.15) is 0 Å². The van der Waals surface area contributed by atoms with Crippen molar-refractivity contribution in [2.75, 3.05) is 46.4 Å². The van der Waals surface area contributed by atoms with Crippen molar-refractivity contribution in [1.29, 1.82) is 0 Å². The number of piperazine rings is 1. The standard InChI is InChI=1S/C19H29N3O3/c1-15-12-21(10-7-20-15)13-16-5-6-17(18(11-16)24-2)25-14-19(23)22-8-3-4-9-22/h5-6,11,15,20H,3-4,7-10,12-14H2,1-2H3/t15-/m1/s1. The predicted octanol–water partition coefficient (Wildman–Crippen LogP) is 1.49. The van der Waals surface area contributed by atoms with Crippen LogP contribution >= 0.6 is 0 Å². The van der Waals surface area contributed by atoms with E-state index in [1.807, 2.05) is 17.0 Å². The fourth-order valence-electron chi connectivity index (χ4n) is 3.54. The van der Waals surface area contributed by atoms with Crippen LogP contribution in [0.3, 0.4) is 0 Å². The minimum atomic E-state index is 0.0541. The van der Waals surface area contributed by atoms with Crippen LogP contribution in [0.1, 0.15) is 25.3 Å². The minimum absolute atomic E-state index is 0.0541. The van der Waals surface area contributed by atoms with Crippen molar-refractivity contribution in [3.63, 3.8) is 0 Å². The summed E-state index contributed by atoms with van der Waals surface area (Å²) < 4.78 is 11.2. The van der Waals surface area contributed by atoms with Crippen LogP contribution < -0.4 is 14.8 Å². The van der Waals surface area contributed by atoms with E-state index in [-0.39, 0.29) is 12.5 Å². The van der Waals surface area contributed by atoms with Crippen molar-refractivity contribution < 1.29 is 14.3 Å². The van der Waals surface area contributed by atoms with Gasteiger partial charge in [-0.1, -0.05) is 6.07 Å². The number of likely N-dealkylation sites (tertiary alicyclic amines) is 1. The zero-order chi connectivity index (χ0) is 17.6. The van der Waals surface area contributed by atoms with E-state index in [1.165, 1.54) is 5.56 Å². The second kappa shape index (κ2) is 8.54. The first-order chi connectivity index (χ1) is 12.2. The molecule has 6 nitrogen and oxygen atoms in total. The van der Waals surface area contributed by atoms with Gasteiger partial charge in [0.15, 0.2) is 18.1 Å². The van der Waals surface area contributed by atoms with E-state index in [9.17, 15) is 4.79 Å². The predicted molar refractivity (Wildman–Crippen MR) is 97.0 cm³/mol. The van der Waals surface area contributed by atoms with E-state index in [0.717, 1.165) is 52.1 Å². The fourth-order valence-corrected chi connectivity index (χ4v) is 3.54. The normalized spacial score (nSPS) is 21.4. The number of carbonyl (C=O) groups excluding carboxylic acids is 1. The molecule has 138 valence electrons. The van der Waals surface area contributed by atoms with Gasteiger partial charge in [0.1, 0.15) is 0 Å². The Hall–Kier alpha value is -1.79. The Morgan fingerprint density at radius 1 is 1.24 bits per heavy atom. The summed E-state index contributed by atoms with van der Waals surface area (Å²) in [7, 11) is 1.64. The number of amides is 1. The van der Waals surface area contributed by atoms with Crippen molar-refractivity contribution in [3.8, 4) is 11.5 Å². The Labute approximate surface area is 150 Å². The second-order valence-corrected chi connectivity index (χ2v) is 6.95. The Morgan fingerprint density at radius 2 is 2.04 bits per heavy atom. The molecule has 2 aliphatic heterocycles. The largest absolute Gasteiger partial charge is 0.493 e. The number of methoxy groups -OCH3 is 1. The van der Waals surface area contributed by atoms with E-state index in [1.54, 1.807) is 7.11 Å². The van der Waals surface area contributed by atoms with Crippen molar-refractivity contribution in [2.45, 2.75) is 32.4 Å². The number of nitrogens with one attached hydrogen (secondary N) is 1. The summed E-state index contributed by atoms with van der Waals surface area (Å²) >= 11 is 0. The molecule has 1 aromatic rings. The monoisotopic (exact) mass is 347 g/mol. The van der Waals surface area contributed by atoms with Gasteiger partial charge < -0.3 is 19.7 Å². The molecule has 2 fully saturated rings. The van der Waals surface area contributed by atoms with Gasteiger partial charge >= 0.3 is 0 Å². The van der Waals surface area contributed by atoms with Gasteiger partial charge in [0, 0.05) is 45.3 Å². The average molecular weight is 347 g/mol. The van der Waals surface area contributed by atoms with E-state index >= 15 is 0 Å². The average Bonchev–Trinajstić information content (AvgIpc) is 3.15. The van der Waals surface area contributed by atoms with E-state index in [0.29, 0.717) is 17.5 Å². The Bertz CT molecular complexity index is 587. The Morgan fingerprint density at radius 3 is 2.76 bits per heavy atom. The van der Waals surface area contributed by atoms with Crippen molar-refractivity contribution in [2.24, 2.45) is 0 Å². The van der Waals surface area contributed by atoms with Gasteiger partial charge in [0.05, 0.1) is 7.11 Å². The van der Waals surface area contributed by atoms with Crippen LogP contribution in [-0.4, -0.2) is 68.2 Å². The maximum absolute atomic E-state index is 12.1. The molecule has 0 bridgehead atoms. The van der Waals surface area contributed by atoms with Crippen LogP contribution in [0.15, 0.2) is 18.2 Å². The number of ether oxygens (including phenoxy) is 2. The molecule has 6 heteroatoms. The highest BCUT2D eigenvalue weighted by Gasteiger charge is 2.19. The minimum Gasteiger partial charge on any atom is -0.493 e. The molecule has 0 aromatic heterocycles. The number of benzene rings is 1. The molecule has 1 atom stereocenters. The molecule has 2 saturated heterocycles. The number of rotatable bonds is 6. The highest BCUT2D eigenvalue weighted by Crippen LogP contribution is 2.29. The van der Waals surface area contributed by atoms with Gasteiger partial charge in [0.2, 0.25) is 0 Å². The quantitative estimate of drug-likeness (QED) is 0.845. The summed E-state index contributed by atoms with van der Waals surface area (Å²) in [6.07, 6.45) is 2.18. The first kappa shape index (κ1) is 18.0. The highest BCUT2D eigenvalue weighted by atomic mass is 16.5. The molecule has 2 heterocycles. The van der Waals surface area contributed by atoms with Crippen molar-refractivity contribution in [1.82, 2.24) is 15.1 Å². The molecule has 1 amide bonds.